The molecule has 4 nitrogen and oxygen atoms in total. The van der Waals surface area contributed by atoms with Crippen molar-refractivity contribution in [1.82, 2.24) is 4.90 Å². The molecule has 2 saturated heterocycles. The third kappa shape index (κ3) is 4.25. The second kappa shape index (κ2) is 8.13. The zero-order valence-electron chi connectivity index (χ0n) is 14.1. The fraction of sp³-hybridized carbons (Fsp3) is 0.684. The monoisotopic (exact) mass is 319 g/mol. The van der Waals surface area contributed by atoms with Gasteiger partial charge in [-0.05, 0) is 49.9 Å². The summed E-state index contributed by atoms with van der Waals surface area (Å²) in [5.41, 5.74) is 1.31. The molecule has 1 aromatic carbocycles. The van der Waals surface area contributed by atoms with E-state index in [1.54, 1.807) is 0 Å². The van der Waals surface area contributed by atoms with Crippen LogP contribution in [0.15, 0.2) is 24.3 Å². The highest BCUT2D eigenvalue weighted by atomic mass is 16.5. The Balaban J connectivity index is 1.50. The molecule has 128 valence electrons. The number of hydrogen-bond donors (Lipinski definition) is 1. The minimum absolute atomic E-state index is 0.212. The second-order valence-corrected chi connectivity index (χ2v) is 6.69. The Hall–Kier alpha value is -1.10. The fourth-order valence-corrected chi connectivity index (χ4v) is 3.87. The first-order valence-corrected chi connectivity index (χ1v) is 8.99. The van der Waals surface area contributed by atoms with Crippen molar-refractivity contribution in [2.45, 2.75) is 44.8 Å². The predicted octanol–water partition coefficient (Wildman–Crippen LogP) is 2.49. The fourth-order valence-electron chi connectivity index (χ4n) is 3.87. The topological polar surface area (TPSA) is 41.9 Å². The third-order valence-electron chi connectivity index (χ3n) is 5.22. The first-order chi connectivity index (χ1) is 11.3. The zero-order valence-corrected chi connectivity index (χ0v) is 14.1. The van der Waals surface area contributed by atoms with E-state index in [0.717, 1.165) is 38.1 Å². The van der Waals surface area contributed by atoms with Gasteiger partial charge < -0.3 is 14.6 Å². The molecular weight excluding hydrogens is 290 g/mol. The van der Waals surface area contributed by atoms with E-state index in [-0.39, 0.29) is 12.0 Å². The van der Waals surface area contributed by atoms with Gasteiger partial charge >= 0.3 is 0 Å². The Bertz CT molecular complexity index is 493. The van der Waals surface area contributed by atoms with E-state index < -0.39 is 0 Å². The third-order valence-corrected chi connectivity index (χ3v) is 5.22. The maximum Gasteiger partial charge on any atom is 0.119 e. The highest BCUT2D eigenvalue weighted by Crippen LogP contribution is 2.29. The van der Waals surface area contributed by atoms with Crippen LogP contribution in [0, 0.1) is 5.92 Å². The second-order valence-electron chi connectivity index (χ2n) is 6.69. The van der Waals surface area contributed by atoms with Crippen LogP contribution in [0.5, 0.6) is 5.75 Å². The van der Waals surface area contributed by atoms with Gasteiger partial charge in [-0.25, -0.2) is 0 Å². The molecule has 2 aliphatic rings. The Morgan fingerprint density at radius 3 is 3.09 bits per heavy atom. The smallest absolute Gasteiger partial charge is 0.119 e. The molecule has 0 aromatic heterocycles. The summed E-state index contributed by atoms with van der Waals surface area (Å²) in [6.07, 6.45) is 3.96. The maximum absolute atomic E-state index is 10.3. The molecule has 0 unspecified atom stereocenters. The molecule has 1 aromatic rings. The van der Waals surface area contributed by atoms with Crippen molar-refractivity contribution < 1.29 is 14.6 Å². The zero-order chi connectivity index (χ0) is 16.1. The molecule has 0 radical (unpaired) electrons. The van der Waals surface area contributed by atoms with Gasteiger partial charge in [-0.1, -0.05) is 19.1 Å². The molecule has 3 atom stereocenters. The van der Waals surface area contributed by atoms with Crippen LogP contribution in [0.25, 0.3) is 0 Å². The lowest BCUT2D eigenvalue weighted by Gasteiger charge is -2.37. The van der Waals surface area contributed by atoms with Crippen molar-refractivity contribution in [2.75, 3.05) is 32.9 Å². The van der Waals surface area contributed by atoms with Gasteiger partial charge in [0, 0.05) is 25.1 Å². The highest BCUT2D eigenvalue weighted by molar-refractivity contribution is 5.28. The maximum atomic E-state index is 10.3. The van der Waals surface area contributed by atoms with Crippen LogP contribution < -0.4 is 4.74 Å². The van der Waals surface area contributed by atoms with E-state index in [9.17, 15) is 5.11 Å². The number of aryl methyl sites for hydroxylation is 1. The summed E-state index contributed by atoms with van der Waals surface area (Å²) in [4.78, 5) is 2.48. The molecule has 0 amide bonds. The highest BCUT2D eigenvalue weighted by Gasteiger charge is 2.37. The molecule has 0 spiro atoms. The molecule has 0 saturated carbocycles. The first-order valence-electron chi connectivity index (χ1n) is 8.99. The van der Waals surface area contributed by atoms with Gasteiger partial charge in [-0.2, -0.15) is 0 Å². The van der Waals surface area contributed by atoms with E-state index in [4.69, 9.17) is 9.47 Å². The number of benzene rings is 1. The molecule has 2 fully saturated rings. The Morgan fingerprint density at radius 2 is 2.26 bits per heavy atom. The summed E-state index contributed by atoms with van der Waals surface area (Å²) < 4.78 is 11.5. The van der Waals surface area contributed by atoms with Crippen LogP contribution in [0.3, 0.4) is 0 Å². The number of likely N-dealkylation sites (tertiary alicyclic amines) is 1. The van der Waals surface area contributed by atoms with E-state index in [1.807, 2.05) is 6.07 Å². The summed E-state index contributed by atoms with van der Waals surface area (Å²) >= 11 is 0. The Labute approximate surface area is 139 Å². The van der Waals surface area contributed by atoms with Gasteiger partial charge in [0.25, 0.3) is 0 Å². The molecule has 23 heavy (non-hydrogen) atoms. The lowest BCUT2D eigenvalue weighted by Crippen LogP contribution is -2.47. The van der Waals surface area contributed by atoms with E-state index >= 15 is 0 Å². The average Bonchev–Trinajstić information content (AvgIpc) is 3.04. The number of aliphatic hydroxyl groups excluding tert-OH is 1. The molecule has 2 heterocycles. The summed E-state index contributed by atoms with van der Waals surface area (Å²) in [5.74, 6) is 1.22. The molecule has 0 aliphatic carbocycles. The molecule has 2 aliphatic heterocycles. The van der Waals surface area contributed by atoms with Crippen LogP contribution in [0.2, 0.25) is 0 Å². The predicted molar refractivity (Wildman–Crippen MR) is 90.8 cm³/mol. The van der Waals surface area contributed by atoms with Crippen molar-refractivity contribution in [2.24, 2.45) is 5.92 Å². The van der Waals surface area contributed by atoms with Crippen molar-refractivity contribution in [3.05, 3.63) is 29.8 Å². The number of nitrogens with zero attached hydrogens (tertiary/aromatic N) is 1. The van der Waals surface area contributed by atoms with Crippen molar-refractivity contribution in [3.63, 3.8) is 0 Å². The summed E-state index contributed by atoms with van der Waals surface area (Å²) in [7, 11) is 0. The largest absolute Gasteiger partial charge is 0.492 e. The Morgan fingerprint density at radius 1 is 1.35 bits per heavy atom. The number of hydrogen-bond acceptors (Lipinski definition) is 4. The van der Waals surface area contributed by atoms with Gasteiger partial charge in [0.05, 0.1) is 12.7 Å². The molecule has 1 N–H and O–H groups in total. The summed E-state index contributed by atoms with van der Waals surface area (Å²) in [6.45, 7) is 6.28. The van der Waals surface area contributed by atoms with E-state index in [0.29, 0.717) is 25.9 Å². The number of rotatable bonds is 6. The van der Waals surface area contributed by atoms with Crippen LogP contribution in [0.1, 0.15) is 31.7 Å². The Kier molecular flexibility index (Phi) is 5.92. The van der Waals surface area contributed by atoms with Crippen LogP contribution in [-0.4, -0.2) is 55.1 Å². The standard InChI is InChI=1S/C19H29NO3/c1-2-15-5-3-6-16(13-15)23-12-10-20-9-4-7-18(20)17-14-22-11-8-19(17)21/h3,5-6,13,17-19,21H,2,4,7-12,14H2,1H3/t17-,18-,19-/m1/s1. The molecule has 4 heteroatoms. The minimum atomic E-state index is -0.212. The van der Waals surface area contributed by atoms with Crippen molar-refractivity contribution in [3.8, 4) is 5.75 Å². The van der Waals surface area contributed by atoms with Gasteiger partial charge in [0.1, 0.15) is 12.4 Å². The van der Waals surface area contributed by atoms with Crippen LogP contribution in [-0.2, 0) is 11.2 Å². The normalized spacial score (nSPS) is 28.9. The first kappa shape index (κ1) is 16.7. The SMILES string of the molecule is CCc1cccc(OCCN2CCC[C@@H]2[C@H]2COCC[C@H]2O)c1. The lowest BCUT2D eigenvalue weighted by atomic mass is 9.89. The van der Waals surface area contributed by atoms with E-state index in [2.05, 4.69) is 30.0 Å². The average molecular weight is 319 g/mol. The summed E-state index contributed by atoms with van der Waals surface area (Å²) in [6, 6.07) is 8.78. The molecule has 0 bridgehead atoms. The quantitative estimate of drug-likeness (QED) is 0.875. The molecule has 3 rings (SSSR count). The van der Waals surface area contributed by atoms with E-state index in [1.165, 1.54) is 12.0 Å². The van der Waals surface area contributed by atoms with Crippen molar-refractivity contribution >= 4 is 0 Å². The van der Waals surface area contributed by atoms with Gasteiger partial charge in [-0.15, -0.1) is 0 Å². The van der Waals surface area contributed by atoms with Crippen molar-refractivity contribution in [1.29, 1.82) is 0 Å². The molecular formula is C19H29NO3. The van der Waals surface area contributed by atoms with Gasteiger partial charge in [0.15, 0.2) is 0 Å². The number of aliphatic hydroxyl groups is 1. The number of ether oxygens (including phenoxy) is 2. The van der Waals surface area contributed by atoms with Gasteiger partial charge in [0.2, 0.25) is 0 Å². The summed E-state index contributed by atoms with van der Waals surface area (Å²) in [5, 5.41) is 10.3. The van der Waals surface area contributed by atoms with Crippen LogP contribution in [0.4, 0.5) is 0 Å². The van der Waals surface area contributed by atoms with Gasteiger partial charge in [-0.3, -0.25) is 4.90 Å². The lowest BCUT2D eigenvalue weighted by molar-refractivity contribution is -0.0634. The minimum Gasteiger partial charge on any atom is -0.492 e. The van der Waals surface area contributed by atoms with Crippen LogP contribution >= 0.6 is 0 Å².